The van der Waals surface area contributed by atoms with Crippen molar-refractivity contribution in [2.45, 2.75) is 0 Å². The van der Waals surface area contributed by atoms with Gasteiger partial charge in [-0.15, -0.1) is 0 Å². The first-order chi connectivity index (χ1) is 7.29. The third-order valence-corrected chi connectivity index (χ3v) is 2.74. The van der Waals surface area contributed by atoms with Gasteiger partial charge in [0.15, 0.2) is 0 Å². The van der Waals surface area contributed by atoms with Gasteiger partial charge in [0.2, 0.25) is 10.0 Å². The molecule has 0 spiro atoms. The van der Waals surface area contributed by atoms with Gasteiger partial charge in [-0.25, -0.2) is 13.2 Å². The van der Waals surface area contributed by atoms with Crippen LogP contribution in [0.25, 0.3) is 0 Å². The first-order valence-corrected chi connectivity index (χ1v) is 7.03. The molecule has 0 aliphatic rings. The number of benzene rings is 1. The Bertz CT molecular complexity index is 530. The van der Waals surface area contributed by atoms with Crippen LogP contribution < -0.4 is 4.83 Å². The maximum Gasteiger partial charge on any atom is 0.244 e. The molecule has 0 atom stereocenters. The Morgan fingerprint density at radius 3 is 2.75 bits per heavy atom. The lowest BCUT2D eigenvalue weighted by atomic mass is 10.2. The van der Waals surface area contributed by atoms with Crippen LogP contribution in [0.1, 0.15) is 5.56 Å². The molecule has 8 heteroatoms. The summed E-state index contributed by atoms with van der Waals surface area (Å²) in [7, 11) is -3.40. The largest absolute Gasteiger partial charge is 0.506 e. The topological polar surface area (TPSA) is 78.8 Å². The van der Waals surface area contributed by atoms with Crippen molar-refractivity contribution in [3.63, 3.8) is 0 Å². The summed E-state index contributed by atoms with van der Waals surface area (Å²) in [5, 5.41) is 13.4. The van der Waals surface area contributed by atoms with E-state index >= 15 is 0 Å². The summed E-state index contributed by atoms with van der Waals surface area (Å²) < 4.78 is 21.8. The Labute approximate surface area is 106 Å². The molecule has 0 aliphatic carbocycles. The number of phenols is 1. The summed E-state index contributed by atoms with van der Waals surface area (Å²) in [6, 6.07) is 2.97. The van der Waals surface area contributed by atoms with Crippen molar-refractivity contribution in [1.29, 1.82) is 0 Å². The molecule has 0 bridgehead atoms. The predicted octanol–water partition coefficient (Wildman–Crippen LogP) is 1.69. The van der Waals surface area contributed by atoms with Crippen LogP contribution in [0.4, 0.5) is 0 Å². The summed E-state index contributed by atoms with van der Waals surface area (Å²) >= 11 is 8.84. The molecule has 88 valence electrons. The lowest BCUT2D eigenvalue weighted by Crippen LogP contribution is -2.15. The fourth-order valence-electron chi connectivity index (χ4n) is 0.876. The van der Waals surface area contributed by atoms with Gasteiger partial charge in [0.05, 0.1) is 16.9 Å². The average Bonchev–Trinajstić information content (AvgIpc) is 2.11. The SMILES string of the molecule is CS(=O)(=O)NN=Cc1cc(Cl)cc(Br)c1O. The first-order valence-electron chi connectivity index (χ1n) is 3.97. The molecule has 0 heterocycles. The van der Waals surface area contributed by atoms with E-state index in [1.807, 2.05) is 4.83 Å². The summed E-state index contributed by atoms with van der Waals surface area (Å²) in [6.45, 7) is 0. The average molecular weight is 328 g/mol. The minimum absolute atomic E-state index is 0.0662. The molecule has 1 aromatic rings. The highest BCUT2D eigenvalue weighted by molar-refractivity contribution is 9.10. The van der Waals surface area contributed by atoms with Crippen molar-refractivity contribution in [2.24, 2.45) is 5.10 Å². The Morgan fingerprint density at radius 2 is 2.19 bits per heavy atom. The number of hydrogen-bond acceptors (Lipinski definition) is 4. The second-order valence-electron chi connectivity index (χ2n) is 2.95. The van der Waals surface area contributed by atoms with Gasteiger partial charge in [0.1, 0.15) is 5.75 Å². The highest BCUT2D eigenvalue weighted by Crippen LogP contribution is 2.30. The molecule has 5 nitrogen and oxygen atoms in total. The second kappa shape index (κ2) is 5.03. The zero-order valence-corrected chi connectivity index (χ0v) is 11.3. The van der Waals surface area contributed by atoms with E-state index in [1.54, 1.807) is 0 Å². The van der Waals surface area contributed by atoms with Gasteiger partial charge in [-0.1, -0.05) is 11.6 Å². The maximum absolute atomic E-state index is 10.7. The van der Waals surface area contributed by atoms with Crippen molar-refractivity contribution in [3.8, 4) is 5.75 Å². The van der Waals surface area contributed by atoms with E-state index in [1.165, 1.54) is 12.1 Å². The second-order valence-corrected chi connectivity index (χ2v) is 5.96. The van der Waals surface area contributed by atoms with E-state index in [2.05, 4.69) is 21.0 Å². The van der Waals surface area contributed by atoms with Crippen LogP contribution in [-0.2, 0) is 10.0 Å². The van der Waals surface area contributed by atoms with Crippen molar-refractivity contribution < 1.29 is 13.5 Å². The molecule has 16 heavy (non-hydrogen) atoms. The van der Waals surface area contributed by atoms with Gasteiger partial charge in [-0.3, -0.25) is 0 Å². The number of aromatic hydroxyl groups is 1. The van der Waals surface area contributed by atoms with Crippen LogP contribution in [0, 0.1) is 0 Å². The third-order valence-electron chi connectivity index (χ3n) is 1.48. The van der Waals surface area contributed by atoms with Crippen LogP contribution in [0.15, 0.2) is 21.7 Å². The van der Waals surface area contributed by atoms with Crippen LogP contribution in [-0.4, -0.2) is 26.0 Å². The minimum Gasteiger partial charge on any atom is -0.506 e. The van der Waals surface area contributed by atoms with Gasteiger partial charge in [-0.2, -0.15) is 5.10 Å². The lowest BCUT2D eigenvalue weighted by Gasteiger charge is -2.02. The third kappa shape index (κ3) is 3.99. The lowest BCUT2D eigenvalue weighted by molar-refractivity contribution is 0.471. The van der Waals surface area contributed by atoms with Crippen LogP contribution >= 0.6 is 27.5 Å². The van der Waals surface area contributed by atoms with Gasteiger partial charge < -0.3 is 5.11 Å². The van der Waals surface area contributed by atoms with Crippen LogP contribution in [0.2, 0.25) is 5.02 Å². The van der Waals surface area contributed by atoms with E-state index in [4.69, 9.17) is 11.6 Å². The molecule has 0 unspecified atom stereocenters. The summed E-state index contributed by atoms with van der Waals surface area (Å²) in [5.41, 5.74) is 0.301. The first kappa shape index (κ1) is 13.3. The molecule has 1 rings (SSSR count). The Hall–Kier alpha value is -0.790. The molecule has 0 amide bonds. The molecular formula is C8H8BrClN2O3S. The van der Waals surface area contributed by atoms with Gasteiger partial charge in [-0.05, 0) is 28.1 Å². The molecule has 2 N–H and O–H groups in total. The fourth-order valence-corrected chi connectivity index (χ4v) is 1.95. The number of hydrazone groups is 1. The zero-order valence-electron chi connectivity index (χ0n) is 8.11. The van der Waals surface area contributed by atoms with Crippen LogP contribution in [0.3, 0.4) is 0 Å². The number of phenolic OH excluding ortho intramolecular Hbond substituents is 1. The Kier molecular flexibility index (Phi) is 4.17. The molecule has 0 fully saturated rings. The van der Waals surface area contributed by atoms with Crippen molar-refractivity contribution >= 4 is 43.8 Å². The van der Waals surface area contributed by atoms with E-state index in [0.29, 0.717) is 15.1 Å². The standard InChI is InChI=1S/C8H8BrClN2O3S/c1-16(14,15)12-11-4-5-2-6(10)3-7(9)8(5)13/h2-4,12-13H,1H3. The quantitative estimate of drug-likeness (QED) is 0.655. The highest BCUT2D eigenvalue weighted by Gasteiger charge is 2.05. The molecular weight excluding hydrogens is 320 g/mol. The van der Waals surface area contributed by atoms with Crippen LogP contribution in [0.5, 0.6) is 5.75 Å². The number of sulfonamides is 1. The summed E-state index contributed by atoms with van der Waals surface area (Å²) in [5.74, 6) is -0.0662. The van der Waals surface area contributed by atoms with Crippen molar-refractivity contribution in [3.05, 3.63) is 27.2 Å². The molecule has 0 radical (unpaired) electrons. The van der Waals surface area contributed by atoms with Crippen molar-refractivity contribution in [2.75, 3.05) is 6.26 Å². The molecule has 0 aromatic heterocycles. The minimum atomic E-state index is -3.40. The monoisotopic (exact) mass is 326 g/mol. The Morgan fingerprint density at radius 1 is 1.56 bits per heavy atom. The summed E-state index contributed by atoms with van der Waals surface area (Å²) in [4.78, 5) is 1.91. The van der Waals surface area contributed by atoms with Gasteiger partial charge in [0.25, 0.3) is 0 Å². The fraction of sp³-hybridized carbons (Fsp3) is 0.125. The number of nitrogens with zero attached hydrogens (tertiary/aromatic N) is 1. The van der Waals surface area contributed by atoms with Gasteiger partial charge in [0, 0.05) is 10.6 Å². The van der Waals surface area contributed by atoms with E-state index in [0.717, 1.165) is 12.5 Å². The van der Waals surface area contributed by atoms with Gasteiger partial charge >= 0.3 is 0 Å². The maximum atomic E-state index is 10.7. The van der Waals surface area contributed by atoms with E-state index < -0.39 is 10.0 Å². The predicted molar refractivity (Wildman–Crippen MR) is 66.4 cm³/mol. The van der Waals surface area contributed by atoms with Crippen molar-refractivity contribution in [1.82, 2.24) is 4.83 Å². The zero-order chi connectivity index (χ0) is 12.3. The van der Waals surface area contributed by atoms with E-state index in [-0.39, 0.29) is 5.75 Å². The number of hydrogen-bond donors (Lipinski definition) is 2. The normalized spacial score (nSPS) is 11.9. The molecule has 1 aromatic carbocycles. The number of nitrogens with one attached hydrogen (secondary N) is 1. The number of halogens is 2. The summed E-state index contributed by atoms with van der Waals surface area (Å²) in [6.07, 6.45) is 2.13. The molecule has 0 saturated carbocycles. The molecule has 0 aliphatic heterocycles. The Balaban J connectivity index is 2.98. The highest BCUT2D eigenvalue weighted by atomic mass is 79.9. The van der Waals surface area contributed by atoms with E-state index in [9.17, 15) is 13.5 Å². The smallest absolute Gasteiger partial charge is 0.244 e. The number of rotatable bonds is 3. The molecule has 0 saturated heterocycles.